The normalized spacial score (nSPS) is 18.6. The first-order valence-corrected chi connectivity index (χ1v) is 7.66. The zero-order chi connectivity index (χ0) is 17.2. The Hall–Kier alpha value is -2.38. The molecule has 1 aromatic heterocycles. The zero-order valence-electron chi connectivity index (χ0n) is 12.8. The van der Waals surface area contributed by atoms with Gasteiger partial charge in [-0.2, -0.15) is 13.2 Å². The van der Waals surface area contributed by atoms with Gasteiger partial charge in [0, 0.05) is 13.1 Å². The predicted octanol–water partition coefficient (Wildman–Crippen LogP) is 3.04. The second-order valence-corrected chi connectivity index (χ2v) is 5.78. The van der Waals surface area contributed by atoms with Crippen LogP contribution in [0.3, 0.4) is 0 Å². The van der Waals surface area contributed by atoms with E-state index in [2.05, 4.69) is 10.2 Å². The molecule has 2 aromatic rings. The molecule has 0 N–H and O–H groups in total. The molecule has 0 bridgehead atoms. The smallest absolute Gasteiger partial charge is 0.417 e. The van der Waals surface area contributed by atoms with E-state index in [0.29, 0.717) is 25.9 Å². The van der Waals surface area contributed by atoms with Gasteiger partial charge in [0.2, 0.25) is 11.8 Å². The maximum Gasteiger partial charge on any atom is 0.470 e. The molecule has 2 heterocycles. The van der Waals surface area contributed by atoms with Crippen molar-refractivity contribution in [1.29, 1.82) is 0 Å². The Morgan fingerprint density at radius 2 is 2.00 bits per heavy atom. The SMILES string of the molecule is O=C(Cc1ccccc1)N1CCCC(c2nnc(C(F)(F)F)o2)C1. The molecule has 0 radical (unpaired) electrons. The van der Waals surface area contributed by atoms with E-state index >= 15 is 0 Å². The van der Waals surface area contributed by atoms with Crippen molar-refractivity contribution < 1.29 is 22.4 Å². The molecule has 1 unspecified atom stereocenters. The van der Waals surface area contributed by atoms with Crippen molar-refractivity contribution in [1.82, 2.24) is 15.1 Å². The third-order valence-electron chi connectivity index (χ3n) is 4.00. The fourth-order valence-electron chi connectivity index (χ4n) is 2.80. The first kappa shape index (κ1) is 16.5. The number of hydrogen-bond donors (Lipinski definition) is 0. The zero-order valence-corrected chi connectivity index (χ0v) is 12.8. The Balaban J connectivity index is 1.66. The van der Waals surface area contributed by atoms with Gasteiger partial charge in [0.05, 0.1) is 12.3 Å². The number of carbonyl (C=O) groups is 1. The van der Waals surface area contributed by atoms with Crippen LogP contribution >= 0.6 is 0 Å². The number of likely N-dealkylation sites (tertiary alicyclic amines) is 1. The summed E-state index contributed by atoms with van der Waals surface area (Å²) in [7, 11) is 0. The molecule has 1 amide bonds. The fourth-order valence-corrected chi connectivity index (χ4v) is 2.80. The van der Waals surface area contributed by atoms with Gasteiger partial charge in [-0.3, -0.25) is 4.79 Å². The number of aromatic nitrogens is 2. The summed E-state index contributed by atoms with van der Waals surface area (Å²) < 4.78 is 42.4. The van der Waals surface area contributed by atoms with Crippen LogP contribution in [0, 0.1) is 0 Å². The van der Waals surface area contributed by atoms with Gasteiger partial charge in [0.15, 0.2) is 0 Å². The molecule has 3 rings (SSSR count). The summed E-state index contributed by atoms with van der Waals surface area (Å²) in [5, 5.41) is 6.56. The highest BCUT2D eigenvalue weighted by molar-refractivity contribution is 5.78. The summed E-state index contributed by atoms with van der Waals surface area (Å²) in [6.07, 6.45) is -3.07. The van der Waals surface area contributed by atoms with Crippen molar-refractivity contribution in [2.24, 2.45) is 0 Å². The van der Waals surface area contributed by atoms with E-state index in [1.165, 1.54) is 0 Å². The lowest BCUT2D eigenvalue weighted by Crippen LogP contribution is -2.40. The highest BCUT2D eigenvalue weighted by atomic mass is 19.4. The first-order valence-electron chi connectivity index (χ1n) is 7.66. The van der Waals surface area contributed by atoms with Gasteiger partial charge in [0.25, 0.3) is 0 Å². The number of alkyl halides is 3. The second kappa shape index (κ2) is 6.62. The Kier molecular flexibility index (Phi) is 4.55. The van der Waals surface area contributed by atoms with Crippen molar-refractivity contribution >= 4 is 5.91 Å². The van der Waals surface area contributed by atoms with E-state index < -0.39 is 12.1 Å². The Morgan fingerprint density at radius 1 is 1.25 bits per heavy atom. The van der Waals surface area contributed by atoms with Crippen molar-refractivity contribution in [2.75, 3.05) is 13.1 Å². The van der Waals surface area contributed by atoms with Crippen molar-refractivity contribution in [3.8, 4) is 0 Å². The molecular formula is C16H16F3N3O2. The second-order valence-electron chi connectivity index (χ2n) is 5.78. The van der Waals surface area contributed by atoms with Gasteiger partial charge < -0.3 is 9.32 Å². The standard InChI is InChI=1S/C16H16F3N3O2/c17-16(18,19)15-21-20-14(24-15)12-7-4-8-22(10-12)13(23)9-11-5-2-1-3-6-11/h1-3,5-6,12H,4,7-10H2. The topological polar surface area (TPSA) is 59.2 Å². The van der Waals surface area contributed by atoms with E-state index in [1.807, 2.05) is 30.3 Å². The Morgan fingerprint density at radius 3 is 2.67 bits per heavy atom. The third kappa shape index (κ3) is 3.74. The van der Waals surface area contributed by atoms with Crippen LogP contribution in [0.2, 0.25) is 0 Å². The van der Waals surface area contributed by atoms with Crippen LogP contribution in [-0.2, 0) is 17.4 Å². The Bertz CT molecular complexity index is 700. The van der Waals surface area contributed by atoms with Gasteiger partial charge in [0.1, 0.15) is 0 Å². The molecule has 1 aliphatic heterocycles. The molecule has 8 heteroatoms. The maximum atomic E-state index is 12.6. The molecule has 128 valence electrons. The van der Waals surface area contributed by atoms with Crippen LogP contribution in [0.15, 0.2) is 34.7 Å². The maximum absolute atomic E-state index is 12.6. The quantitative estimate of drug-likeness (QED) is 0.862. The number of piperidine rings is 1. The number of carbonyl (C=O) groups excluding carboxylic acids is 1. The highest BCUT2D eigenvalue weighted by Crippen LogP contribution is 2.32. The van der Waals surface area contributed by atoms with Crippen LogP contribution in [0.1, 0.15) is 36.1 Å². The average Bonchev–Trinajstić information content (AvgIpc) is 3.06. The molecule has 5 nitrogen and oxygen atoms in total. The summed E-state index contributed by atoms with van der Waals surface area (Å²) in [6, 6.07) is 9.33. The average molecular weight is 339 g/mol. The predicted molar refractivity (Wildman–Crippen MR) is 78.0 cm³/mol. The van der Waals surface area contributed by atoms with Gasteiger partial charge >= 0.3 is 12.1 Å². The van der Waals surface area contributed by atoms with Crippen LogP contribution in [0.5, 0.6) is 0 Å². The van der Waals surface area contributed by atoms with E-state index in [9.17, 15) is 18.0 Å². The minimum Gasteiger partial charge on any atom is -0.417 e. The summed E-state index contributed by atoms with van der Waals surface area (Å²) in [5.41, 5.74) is 0.904. The van der Waals surface area contributed by atoms with Crippen molar-refractivity contribution in [3.63, 3.8) is 0 Å². The Labute approximate surface area is 136 Å². The minimum atomic E-state index is -4.65. The van der Waals surface area contributed by atoms with E-state index in [0.717, 1.165) is 5.56 Å². The van der Waals surface area contributed by atoms with E-state index in [-0.39, 0.29) is 24.1 Å². The first-order chi connectivity index (χ1) is 11.4. The molecule has 0 saturated carbocycles. The summed E-state index contributed by atoms with van der Waals surface area (Å²) in [6.45, 7) is 0.883. The van der Waals surface area contributed by atoms with Crippen LogP contribution in [0.4, 0.5) is 13.2 Å². The molecule has 1 atom stereocenters. The van der Waals surface area contributed by atoms with Gasteiger partial charge in [-0.05, 0) is 18.4 Å². The monoisotopic (exact) mass is 339 g/mol. The largest absolute Gasteiger partial charge is 0.470 e. The number of hydrogen-bond acceptors (Lipinski definition) is 4. The summed E-state index contributed by atoms with van der Waals surface area (Å²) in [4.78, 5) is 14.0. The van der Waals surface area contributed by atoms with Crippen molar-refractivity contribution in [2.45, 2.75) is 31.4 Å². The van der Waals surface area contributed by atoms with Crippen LogP contribution < -0.4 is 0 Å². The lowest BCUT2D eigenvalue weighted by atomic mass is 9.97. The van der Waals surface area contributed by atoms with Crippen molar-refractivity contribution in [3.05, 3.63) is 47.7 Å². The molecular weight excluding hydrogens is 323 g/mol. The molecule has 1 saturated heterocycles. The van der Waals surface area contributed by atoms with Gasteiger partial charge in [-0.25, -0.2) is 0 Å². The highest BCUT2D eigenvalue weighted by Gasteiger charge is 2.39. The summed E-state index contributed by atoms with van der Waals surface area (Å²) >= 11 is 0. The van der Waals surface area contributed by atoms with Crippen LogP contribution in [-0.4, -0.2) is 34.1 Å². The lowest BCUT2D eigenvalue weighted by molar-refractivity contribution is -0.157. The van der Waals surface area contributed by atoms with Crippen LogP contribution in [0.25, 0.3) is 0 Å². The molecule has 24 heavy (non-hydrogen) atoms. The molecule has 1 fully saturated rings. The van der Waals surface area contributed by atoms with E-state index in [1.54, 1.807) is 4.90 Å². The summed E-state index contributed by atoms with van der Waals surface area (Å²) in [5.74, 6) is -1.81. The fraction of sp³-hybridized carbons (Fsp3) is 0.438. The molecule has 1 aliphatic rings. The minimum absolute atomic E-state index is 0.0542. The third-order valence-corrected chi connectivity index (χ3v) is 4.00. The van der Waals surface area contributed by atoms with Gasteiger partial charge in [-0.15, -0.1) is 10.2 Å². The number of rotatable bonds is 3. The number of amides is 1. The van der Waals surface area contributed by atoms with E-state index in [4.69, 9.17) is 4.42 Å². The molecule has 1 aromatic carbocycles. The number of halogens is 3. The molecule has 0 spiro atoms. The number of nitrogens with zero attached hydrogens (tertiary/aromatic N) is 3. The molecule has 0 aliphatic carbocycles. The lowest BCUT2D eigenvalue weighted by Gasteiger charge is -2.31. The van der Waals surface area contributed by atoms with Gasteiger partial charge in [-0.1, -0.05) is 30.3 Å². The number of benzene rings is 1.